The molecule has 4 heteroatoms. The molecule has 0 saturated carbocycles. The summed E-state index contributed by atoms with van der Waals surface area (Å²) in [5.74, 6) is 0. The molecule has 0 amide bonds. The molecule has 1 aromatic heterocycles. The van der Waals surface area contributed by atoms with E-state index in [0.29, 0.717) is 12.2 Å². The average Bonchev–Trinajstić information content (AvgIpc) is 2.70. The molecule has 0 aliphatic carbocycles. The Hall–Kier alpha value is -2.23. The van der Waals surface area contributed by atoms with Crippen molar-refractivity contribution in [1.29, 1.82) is 0 Å². The van der Waals surface area contributed by atoms with Crippen LogP contribution in [0, 0.1) is 0 Å². The lowest BCUT2D eigenvalue weighted by Gasteiger charge is -2.25. The molecule has 0 atom stereocenters. The minimum atomic E-state index is 0.00677. The number of benzene rings is 1. The Morgan fingerprint density at radius 2 is 1.90 bits per heavy atom. The number of para-hydroxylation sites is 1. The van der Waals surface area contributed by atoms with E-state index >= 15 is 0 Å². The van der Waals surface area contributed by atoms with E-state index in [-0.39, 0.29) is 5.56 Å². The number of nitrogens with two attached hydrogens (primary N) is 1. The molecule has 0 radical (unpaired) electrons. The second-order valence-corrected chi connectivity index (χ2v) is 5.57. The van der Waals surface area contributed by atoms with Gasteiger partial charge in [-0.25, -0.2) is 0 Å². The zero-order valence-corrected chi connectivity index (χ0v) is 12.2. The molecule has 3 rings (SSSR count). The van der Waals surface area contributed by atoms with Gasteiger partial charge in [-0.1, -0.05) is 18.2 Å². The minimum Gasteiger partial charge on any atom is -0.398 e. The molecule has 0 saturated heterocycles. The minimum absolute atomic E-state index is 0.00677. The Morgan fingerprint density at radius 1 is 1.05 bits per heavy atom. The van der Waals surface area contributed by atoms with Crippen molar-refractivity contribution in [3.8, 4) is 0 Å². The van der Waals surface area contributed by atoms with Gasteiger partial charge in [-0.15, -0.1) is 0 Å². The molecule has 0 unspecified atom stereocenters. The standard InChI is InChI=1S/C17H21N3O/c18-15-8-9-17(21)20(13-15)12-11-19-10-4-3-6-14-5-1-2-7-16(14)19/h1-2,5,7-9,13H,3-4,6,10-12,18H2. The quantitative estimate of drug-likeness (QED) is 0.940. The van der Waals surface area contributed by atoms with Crippen LogP contribution in [0.4, 0.5) is 11.4 Å². The summed E-state index contributed by atoms with van der Waals surface area (Å²) in [4.78, 5) is 14.2. The van der Waals surface area contributed by atoms with Crippen molar-refractivity contribution in [3.05, 3.63) is 58.5 Å². The Kier molecular flexibility index (Phi) is 3.95. The van der Waals surface area contributed by atoms with Gasteiger partial charge in [0.05, 0.1) is 0 Å². The largest absolute Gasteiger partial charge is 0.398 e. The number of anilines is 2. The third-order valence-electron chi connectivity index (χ3n) is 4.07. The molecule has 1 aromatic carbocycles. The van der Waals surface area contributed by atoms with E-state index in [1.54, 1.807) is 16.8 Å². The molecule has 21 heavy (non-hydrogen) atoms. The number of fused-ring (bicyclic) bond motifs is 1. The normalized spacial score (nSPS) is 14.6. The summed E-state index contributed by atoms with van der Waals surface area (Å²) in [5, 5.41) is 0. The first-order chi connectivity index (χ1) is 10.2. The van der Waals surface area contributed by atoms with Crippen LogP contribution in [-0.2, 0) is 13.0 Å². The van der Waals surface area contributed by atoms with Gasteiger partial charge in [0.25, 0.3) is 5.56 Å². The predicted octanol–water partition coefficient (Wildman–Crippen LogP) is 2.27. The second kappa shape index (κ2) is 6.04. The van der Waals surface area contributed by atoms with Crippen molar-refractivity contribution in [2.45, 2.75) is 25.8 Å². The number of nitrogen functional groups attached to an aromatic ring is 1. The smallest absolute Gasteiger partial charge is 0.250 e. The van der Waals surface area contributed by atoms with E-state index in [9.17, 15) is 4.79 Å². The summed E-state index contributed by atoms with van der Waals surface area (Å²) < 4.78 is 1.70. The summed E-state index contributed by atoms with van der Waals surface area (Å²) in [6, 6.07) is 11.8. The van der Waals surface area contributed by atoms with Crippen molar-refractivity contribution >= 4 is 11.4 Å². The molecule has 2 aromatic rings. The average molecular weight is 283 g/mol. The van der Waals surface area contributed by atoms with E-state index in [1.807, 2.05) is 0 Å². The van der Waals surface area contributed by atoms with Crippen LogP contribution in [0.2, 0.25) is 0 Å². The fourth-order valence-corrected chi connectivity index (χ4v) is 2.95. The van der Waals surface area contributed by atoms with Gasteiger partial charge in [0.15, 0.2) is 0 Å². The lowest BCUT2D eigenvalue weighted by atomic mass is 10.1. The number of aromatic nitrogens is 1. The first-order valence-electron chi connectivity index (χ1n) is 7.53. The summed E-state index contributed by atoms with van der Waals surface area (Å²) in [5.41, 5.74) is 9.13. The molecule has 1 aliphatic heterocycles. The Labute approximate surface area is 124 Å². The zero-order valence-electron chi connectivity index (χ0n) is 12.2. The maximum absolute atomic E-state index is 11.8. The van der Waals surface area contributed by atoms with Crippen LogP contribution >= 0.6 is 0 Å². The van der Waals surface area contributed by atoms with E-state index in [0.717, 1.165) is 19.5 Å². The highest BCUT2D eigenvalue weighted by molar-refractivity contribution is 5.54. The van der Waals surface area contributed by atoms with Gasteiger partial charge in [-0.3, -0.25) is 4.79 Å². The molecule has 2 N–H and O–H groups in total. The van der Waals surface area contributed by atoms with Crippen LogP contribution in [-0.4, -0.2) is 17.7 Å². The molecule has 1 aliphatic rings. The number of pyridine rings is 1. The first kappa shape index (κ1) is 13.7. The van der Waals surface area contributed by atoms with Crippen LogP contribution in [0.15, 0.2) is 47.4 Å². The maximum atomic E-state index is 11.8. The zero-order chi connectivity index (χ0) is 14.7. The van der Waals surface area contributed by atoms with Crippen LogP contribution in [0.3, 0.4) is 0 Å². The molecule has 2 heterocycles. The summed E-state index contributed by atoms with van der Waals surface area (Å²) in [7, 11) is 0. The van der Waals surface area contributed by atoms with E-state index in [2.05, 4.69) is 29.2 Å². The predicted molar refractivity (Wildman–Crippen MR) is 86.7 cm³/mol. The third-order valence-corrected chi connectivity index (χ3v) is 4.07. The van der Waals surface area contributed by atoms with Crippen LogP contribution in [0.1, 0.15) is 18.4 Å². The molecule has 110 valence electrons. The molecule has 0 spiro atoms. The lowest BCUT2D eigenvalue weighted by Crippen LogP contribution is -2.31. The van der Waals surface area contributed by atoms with Gasteiger partial charge < -0.3 is 15.2 Å². The lowest BCUT2D eigenvalue weighted by molar-refractivity contribution is 0.627. The molecule has 0 bridgehead atoms. The first-order valence-corrected chi connectivity index (χ1v) is 7.53. The van der Waals surface area contributed by atoms with Gasteiger partial charge in [0.1, 0.15) is 0 Å². The molecule has 4 nitrogen and oxygen atoms in total. The van der Waals surface area contributed by atoms with E-state index < -0.39 is 0 Å². The number of rotatable bonds is 3. The van der Waals surface area contributed by atoms with E-state index in [4.69, 9.17) is 5.73 Å². The van der Waals surface area contributed by atoms with Crippen molar-refractivity contribution in [1.82, 2.24) is 4.57 Å². The van der Waals surface area contributed by atoms with Gasteiger partial charge in [0.2, 0.25) is 0 Å². The number of aryl methyl sites for hydroxylation is 1. The summed E-state index contributed by atoms with van der Waals surface area (Å²) >= 11 is 0. The molecular weight excluding hydrogens is 262 g/mol. The SMILES string of the molecule is Nc1ccc(=O)n(CCN2CCCCc3ccccc32)c1. The maximum Gasteiger partial charge on any atom is 0.250 e. The Morgan fingerprint density at radius 3 is 2.81 bits per heavy atom. The van der Waals surface area contributed by atoms with Gasteiger partial charge in [-0.05, 0) is 37.0 Å². The fourth-order valence-electron chi connectivity index (χ4n) is 2.95. The van der Waals surface area contributed by atoms with Crippen molar-refractivity contribution in [3.63, 3.8) is 0 Å². The monoisotopic (exact) mass is 283 g/mol. The van der Waals surface area contributed by atoms with Gasteiger partial charge >= 0.3 is 0 Å². The van der Waals surface area contributed by atoms with Crippen LogP contribution in [0.5, 0.6) is 0 Å². The van der Waals surface area contributed by atoms with Crippen molar-refractivity contribution < 1.29 is 0 Å². The Balaban J connectivity index is 1.79. The van der Waals surface area contributed by atoms with Crippen molar-refractivity contribution in [2.24, 2.45) is 0 Å². The van der Waals surface area contributed by atoms with E-state index in [1.165, 1.54) is 30.2 Å². The van der Waals surface area contributed by atoms with Crippen molar-refractivity contribution in [2.75, 3.05) is 23.7 Å². The number of hydrogen-bond acceptors (Lipinski definition) is 3. The highest BCUT2D eigenvalue weighted by Crippen LogP contribution is 2.25. The highest BCUT2D eigenvalue weighted by atomic mass is 16.1. The molecular formula is C17H21N3O. The van der Waals surface area contributed by atoms with Gasteiger partial charge in [-0.2, -0.15) is 0 Å². The third kappa shape index (κ3) is 3.10. The van der Waals surface area contributed by atoms with Crippen LogP contribution < -0.4 is 16.2 Å². The number of hydrogen-bond donors (Lipinski definition) is 1. The summed E-state index contributed by atoms with van der Waals surface area (Å²) in [6.45, 7) is 2.55. The molecule has 0 fully saturated rings. The topological polar surface area (TPSA) is 51.3 Å². The second-order valence-electron chi connectivity index (χ2n) is 5.57. The Bertz CT molecular complexity index is 678. The van der Waals surface area contributed by atoms with Gasteiger partial charge in [0, 0.05) is 43.3 Å². The highest BCUT2D eigenvalue weighted by Gasteiger charge is 2.14. The summed E-state index contributed by atoms with van der Waals surface area (Å²) in [6.07, 6.45) is 5.29. The fraction of sp³-hybridized carbons (Fsp3) is 0.353. The van der Waals surface area contributed by atoms with Crippen LogP contribution in [0.25, 0.3) is 0 Å². The number of nitrogens with zero attached hydrogens (tertiary/aromatic N) is 2.